The molecule has 2 heterocycles. The number of hydrogen-bond donors (Lipinski definition) is 3. The molecule has 17 heavy (non-hydrogen) atoms. The third-order valence-electron chi connectivity index (χ3n) is 2.82. The number of rotatable bonds is 3. The number of aromatic amines is 1. The Balaban J connectivity index is 1.96. The summed E-state index contributed by atoms with van der Waals surface area (Å²) in [5.41, 5.74) is -0.0381. The Morgan fingerprint density at radius 3 is 2.94 bits per heavy atom. The standard InChI is InChI=1S/C10H14N4O3/c1-14-3-2-6(5-14)9(15)11-8-4-7(10(16)17)12-13-8/h4,6H,2-3,5H2,1H3,(H,16,17)(H2,11,12,13,15). The minimum Gasteiger partial charge on any atom is -0.477 e. The molecule has 0 radical (unpaired) electrons. The molecule has 1 aliphatic heterocycles. The fraction of sp³-hybridized carbons (Fsp3) is 0.500. The van der Waals surface area contributed by atoms with Crippen molar-refractivity contribution < 1.29 is 14.7 Å². The van der Waals surface area contributed by atoms with Gasteiger partial charge in [0.2, 0.25) is 5.91 Å². The van der Waals surface area contributed by atoms with Crippen LogP contribution in [0.4, 0.5) is 5.82 Å². The van der Waals surface area contributed by atoms with Crippen molar-refractivity contribution in [3.63, 3.8) is 0 Å². The van der Waals surface area contributed by atoms with Crippen LogP contribution in [-0.4, -0.2) is 52.2 Å². The molecule has 0 bridgehead atoms. The molecule has 1 saturated heterocycles. The Kier molecular flexibility index (Phi) is 3.10. The molecule has 3 N–H and O–H groups in total. The van der Waals surface area contributed by atoms with Crippen LogP contribution in [0.5, 0.6) is 0 Å². The summed E-state index contributed by atoms with van der Waals surface area (Å²) in [5, 5.41) is 17.3. The SMILES string of the molecule is CN1CCC(C(=O)Nc2cc(C(=O)O)[nH]n2)C1. The van der Waals surface area contributed by atoms with E-state index in [0.29, 0.717) is 0 Å². The monoisotopic (exact) mass is 238 g/mol. The number of carbonyl (C=O) groups excluding carboxylic acids is 1. The van der Waals surface area contributed by atoms with E-state index in [1.54, 1.807) is 0 Å². The lowest BCUT2D eigenvalue weighted by Crippen LogP contribution is -2.25. The summed E-state index contributed by atoms with van der Waals surface area (Å²) in [6.45, 7) is 1.63. The predicted octanol–water partition coefficient (Wildman–Crippen LogP) is -0.00190. The number of anilines is 1. The van der Waals surface area contributed by atoms with E-state index in [4.69, 9.17) is 5.11 Å². The Morgan fingerprint density at radius 1 is 1.65 bits per heavy atom. The van der Waals surface area contributed by atoms with Crippen molar-refractivity contribution >= 4 is 17.7 Å². The molecule has 92 valence electrons. The fourth-order valence-electron chi connectivity index (χ4n) is 1.87. The van der Waals surface area contributed by atoms with Gasteiger partial charge in [-0.1, -0.05) is 0 Å². The Bertz CT molecular complexity index is 443. The Labute approximate surface area is 97.8 Å². The summed E-state index contributed by atoms with van der Waals surface area (Å²) in [6, 6.07) is 1.30. The summed E-state index contributed by atoms with van der Waals surface area (Å²) in [4.78, 5) is 24.5. The number of carboxylic acid groups (broad SMARTS) is 1. The zero-order valence-corrected chi connectivity index (χ0v) is 9.43. The van der Waals surface area contributed by atoms with Gasteiger partial charge in [0, 0.05) is 12.6 Å². The molecule has 0 aliphatic carbocycles. The van der Waals surface area contributed by atoms with Crippen molar-refractivity contribution in [2.75, 3.05) is 25.5 Å². The van der Waals surface area contributed by atoms with Crippen LogP contribution in [0.15, 0.2) is 6.07 Å². The highest BCUT2D eigenvalue weighted by molar-refractivity contribution is 5.93. The molecule has 1 aliphatic rings. The number of nitrogens with zero attached hydrogens (tertiary/aromatic N) is 2. The highest BCUT2D eigenvalue weighted by Gasteiger charge is 2.26. The van der Waals surface area contributed by atoms with Gasteiger partial charge in [-0.3, -0.25) is 9.89 Å². The molecule has 1 amide bonds. The third kappa shape index (κ3) is 2.62. The molecule has 1 unspecified atom stereocenters. The smallest absolute Gasteiger partial charge is 0.353 e. The van der Waals surface area contributed by atoms with Gasteiger partial charge in [0.1, 0.15) is 5.69 Å². The van der Waals surface area contributed by atoms with Crippen molar-refractivity contribution in [3.8, 4) is 0 Å². The molecule has 0 saturated carbocycles. The first-order valence-electron chi connectivity index (χ1n) is 5.34. The maximum atomic E-state index is 11.8. The number of carboxylic acids is 1. The highest BCUT2D eigenvalue weighted by Crippen LogP contribution is 2.16. The van der Waals surface area contributed by atoms with Crippen LogP contribution in [-0.2, 0) is 4.79 Å². The van der Waals surface area contributed by atoms with E-state index in [0.717, 1.165) is 19.5 Å². The molecule has 1 aromatic rings. The van der Waals surface area contributed by atoms with Crippen LogP contribution in [0.1, 0.15) is 16.9 Å². The second-order valence-electron chi connectivity index (χ2n) is 4.21. The van der Waals surface area contributed by atoms with E-state index in [1.807, 2.05) is 7.05 Å². The van der Waals surface area contributed by atoms with Crippen LogP contribution in [0, 0.1) is 5.92 Å². The summed E-state index contributed by atoms with van der Waals surface area (Å²) in [7, 11) is 1.96. The van der Waals surface area contributed by atoms with Gasteiger partial charge in [-0.2, -0.15) is 5.10 Å². The number of amides is 1. The van der Waals surface area contributed by atoms with Crippen LogP contribution < -0.4 is 5.32 Å². The summed E-state index contributed by atoms with van der Waals surface area (Å²) in [5.74, 6) is -1.01. The zero-order valence-electron chi connectivity index (χ0n) is 9.43. The van der Waals surface area contributed by atoms with Crippen molar-refractivity contribution in [1.82, 2.24) is 15.1 Å². The number of aromatic nitrogens is 2. The molecule has 7 heteroatoms. The van der Waals surface area contributed by atoms with Gasteiger partial charge < -0.3 is 15.3 Å². The van der Waals surface area contributed by atoms with Gasteiger partial charge in [0.25, 0.3) is 0 Å². The minimum absolute atomic E-state index is 0.0381. The fourth-order valence-corrected chi connectivity index (χ4v) is 1.87. The van der Waals surface area contributed by atoms with E-state index in [9.17, 15) is 9.59 Å². The van der Waals surface area contributed by atoms with Gasteiger partial charge in [0.05, 0.1) is 5.92 Å². The quantitative estimate of drug-likeness (QED) is 0.688. The van der Waals surface area contributed by atoms with Gasteiger partial charge in [-0.25, -0.2) is 4.79 Å². The second kappa shape index (κ2) is 4.54. The summed E-state index contributed by atoms with van der Waals surface area (Å²) in [6.07, 6.45) is 0.818. The first kappa shape index (κ1) is 11.6. The van der Waals surface area contributed by atoms with E-state index < -0.39 is 5.97 Å². The average Bonchev–Trinajstić information content (AvgIpc) is 2.86. The first-order chi connectivity index (χ1) is 8.06. The number of aromatic carboxylic acids is 1. The molecule has 7 nitrogen and oxygen atoms in total. The summed E-state index contributed by atoms with van der Waals surface area (Å²) < 4.78 is 0. The number of hydrogen-bond acceptors (Lipinski definition) is 4. The first-order valence-corrected chi connectivity index (χ1v) is 5.34. The molecule has 1 atom stereocenters. The highest BCUT2D eigenvalue weighted by atomic mass is 16.4. The second-order valence-corrected chi connectivity index (χ2v) is 4.21. The van der Waals surface area contributed by atoms with Crippen molar-refractivity contribution in [3.05, 3.63) is 11.8 Å². The maximum Gasteiger partial charge on any atom is 0.353 e. The van der Waals surface area contributed by atoms with Gasteiger partial charge >= 0.3 is 5.97 Å². The van der Waals surface area contributed by atoms with E-state index >= 15 is 0 Å². The van der Waals surface area contributed by atoms with Gasteiger partial charge in [0.15, 0.2) is 5.82 Å². The lowest BCUT2D eigenvalue weighted by Gasteiger charge is -2.09. The van der Waals surface area contributed by atoms with Crippen molar-refractivity contribution in [2.45, 2.75) is 6.42 Å². The van der Waals surface area contributed by atoms with Crippen molar-refractivity contribution in [2.24, 2.45) is 5.92 Å². The molecule has 0 aromatic carbocycles. The van der Waals surface area contributed by atoms with Crippen LogP contribution >= 0.6 is 0 Å². The number of H-pyrrole nitrogens is 1. The molecule has 1 fully saturated rings. The topological polar surface area (TPSA) is 98.3 Å². The largest absolute Gasteiger partial charge is 0.477 e. The van der Waals surface area contributed by atoms with Crippen LogP contribution in [0.25, 0.3) is 0 Å². The lowest BCUT2D eigenvalue weighted by atomic mass is 10.1. The van der Waals surface area contributed by atoms with E-state index in [-0.39, 0.29) is 23.3 Å². The number of nitrogens with one attached hydrogen (secondary N) is 2. The third-order valence-corrected chi connectivity index (χ3v) is 2.82. The predicted molar refractivity (Wildman–Crippen MR) is 59.8 cm³/mol. The normalized spacial score (nSPS) is 20.4. The molecule has 2 rings (SSSR count). The number of likely N-dealkylation sites (tertiary alicyclic amines) is 1. The van der Waals surface area contributed by atoms with Crippen LogP contribution in [0.3, 0.4) is 0 Å². The Morgan fingerprint density at radius 2 is 2.41 bits per heavy atom. The average molecular weight is 238 g/mol. The molecular weight excluding hydrogens is 224 g/mol. The van der Waals surface area contributed by atoms with E-state index in [1.165, 1.54) is 6.07 Å². The summed E-state index contributed by atoms with van der Waals surface area (Å²) >= 11 is 0. The Hall–Kier alpha value is -1.89. The zero-order chi connectivity index (χ0) is 12.4. The van der Waals surface area contributed by atoms with Gasteiger partial charge in [-0.15, -0.1) is 0 Å². The molecule has 0 spiro atoms. The van der Waals surface area contributed by atoms with Crippen molar-refractivity contribution in [1.29, 1.82) is 0 Å². The lowest BCUT2D eigenvalue weighted by molar-refractivity contribution is -0.119. The maximum absolute atomic E-state index is 11.8. The van der Waals surface area contributed by atoms with E-state index in [2.05, 4.69) is 20.4 Å². The number of carbonyl (C=O) groups is 2. The minimum atomic E-state index is -1.10. The van der Waals surface area contributed by atoms with Gasteiger partial charge in [-0.05, 0) is 20.0 Å². The molecule has 1 aromatic heterocycles. The van der Waals surface area contributed by atoms with Crippen LogP contribution in [0.2, 0.25) is 0 Å². The molecular formula is C10H14N4O3.